The van der Waals surface area contributed by atoms with Crippen LogP contribution in [0.25, 0.3) is 0 Å². The minimum atomic E-state index is 0.0763. The topological polar surface area (TPSA) is 62.1 Å². The number of carbonyl (C=O) groups is 1. The number of nitrogens with zero attached hydrogens (tertiary/aromatic N) is 1. The molecule has 2 atom stereocenters. The second kappa shape index (κ2) is 4.70. The highest BCUT2D eigenvalue weighted by atomic mass is 16.2. The summed E-state index contributed by atoms with van der Waals surface area (Å²) in [5.41, 5.74) is 6.40. The maximum Gasteiger partial charge on any atom is 0.270 e. The fraction of sp³-hybridized carbons (Fsp3) is 0.583. The summed E-state index contributed by atoms with van der Waals surface area (Å²) in [5.74, 6) is 0.744. The van der Waals surface area contributed by atoms with Crippen LogP contribution >= 0.6 is 0 Å². The van der Waals surface area contributed by atoms with Crippen LogP contribution in [0.2, 0.25) is 0 Å². The van der Waals surface area contributed by atoms with Crippen molar-refractivity contribution in [1.29, 1.82) is 0 Å². The van der Waals surface area contributed by atoms with E-state index in [4.69, 9.17) is 5.73 Å². The third-order valence-electron chi connectivity index (χ3n) is 3.34. The molecule has 16 heavy (non-hydrogen) atoms. The molecular formula is C12H19N3O. The highest BCUT2D eigenvalue weighted by molar-refractivity contribution is 5.92. The lowest BCUT2D eigenvalue weighted by molar-refractivity contribution is 0.0568. The van der Waals surface area contributed by atoms with Crippen LogP contribution in [-0.2, 0) is 0 Å². The summed E-state index contributed by atoms with van der Waals surface area (Å²) in [6.45, 7) is 3.59. The first-order chi connectivity index (χ1) is 7.72. The van der Waals surface area contributed by atoms with Gasteiger partial charge in [0.05, 0.1) is 0 Å². The van der Waals surface area contributed by atoms with E-state index in [1.54, 1.807) is 6.20 Å². The van der Waals surface area contributed by atoms with Crippen LogP contribution in [0.5, 0.6) is 0 Å². The summed E-state index contributed by atoms with van der Waals surface area (Å²) in [5, 5.41) is 0. The van der Waals surface area contributed by atoms with Gasteiger partial charge in [-0.1, -0.05) is 6.92 Å². The summed E-state index contributed by atoms with van der Waals surface area (Å²) < 4.78 is 0. The summed E-state index contributed by atoms with van der Waals surface area (Å²) in [4.78, 5) is 17.0. The van der Waals surface area contributed by atoms with Gasteiger partial charge in [-0.3, -0.25) is 4.79 Å². The Morgan fingerprint density at radius 3 is 3.12 bits per heavy atom. The van der Waals surface area contributed by atoms with Crippen LogP contribution in [0, 0.1) is 5.92 Å². The van der Waals surface area contributed by atoms with Gasteiger partial charge in [0.25, 0.3) is 5.91 Å². The number of hydrogen-bond acceptors (Lipinski definition) is 2. The van der Waals surface area contributed by atoms with E-state index in [0.717, 1.165) is 19.4 Å². The lowest BCUT2D eigenvalue weighted by Gasteiger charge is -2.37. The molecule has 0 radical (unpaired) electrons. The molecule has 0 aliphatic carbocycles. The van der Waals surface area contributed by atoms with E-state index in [1.165, 1.54) is 0 Å². The molecule has 0 spiro atoms. The van der Waals surface area contributed by atoms with Gasteiger partial charge in [0.1, 0.15) is 5.69 Å². The molecule has 2 unspecified atom stereocenters. The molecule has 4 heteroatoms. The van der Waals surface area contributed by atoms with E-state index in [1.807, 2.05) is 17.0 Å². The van der Waals surface area contributed by atoms with E-state index in [9.17, 15) is 4.79 Å². The summed E-state index contributed by atoms with van der Waals surface area (Å²) in [6.07, 6.45) is 3.86. The normalized spacial score (nSPS) is 25.8. The Morgan fingerprint density at radius 1 is 1.69 bits per heavy atom. The summed E-state index contributed by atoms with van der Waals surface area (Å²) in [6, 6.07) is 3.85. The molecule has 2 heterocycles. The van der Waals surface area contributed by atoms with E-state index in [2.05, 4.69) is 11.9 Å². The maximum atomic E-state index is 12.2. The van der Waals surface area contributed by atoms with Crippen LogP contribution in [0.15, 0.2) is 18.3 Å². The number of aromatic amines is 1. The number of rotatable bonds is 2. The summed E-state index contributed by atoms with van der Waals surface area (Å²) in [7, 11) is 0. The molecule has 88 valence electrons. The SMILES string of the molecule is CC1CCN(C(=O)c2ccc[nH]2)C(CN)C1. The van der Waals surface area contributed by atoms with Gasteiger partial charge in [0.2, 0.25) is 0 Å². The third kappa shape index (κ3) is 2.11. The monoisotopic (exact) mass is 221 g/mol. The first-order valence-corrected chi connectivity index (χ1v) is 5.86. The van der Waals surface area contributed by atoms with Crippen molar-refractivity contribution in [3.63, 3.8) is 0 Å². The standard InChI is InChI=1S/C12H19N3O/c1-9-4-6-15(10(7-9)8-13)12(16)11-3-2-5-14-11/h2-3,5,9-10,14H,4,6-8,13H2,1H3. The molecule has 3 N–H and O–H groups in total. The quantitative estimate of drug-likeness (QED) is 0.788. The largest absolute Gasteiger partial charge is 0.357 e. The number of aromatic nitrogens is 1. The fourth-order valence-corrected chi connectivity index (χ4v) is 2.36. The van der Waals surface area contributed by atoms with E-state index < -0.39 is 0 Å². The fourth-order valence-electron chi connectivity index (χ4n) is 2.36. The van der Waals surface area contributed by atoms with Gasteiger partial charge in [-0.15, -0.1) is 0 Å². The lowest BCUT2D eigenvalue weighted by atomic mass is 9.92. The average molecular weight is 221 g/mol. The Morgan fingerprint density at radius 2 is 2.50 bits per heavy atom. The highest BCUT2D eigenvalue weighted by Gasteiger charge is 2.29. The predicted molar refractivity (Wildman–Crippen MR) is 63.1 cm³/mol. The van der Waals surface area contributed by atoms with Crippen molar-refractivity contribution in [2.24, 2.45) is 11.7 Å². The van der Waals surface area contributed by atoms with Crippen LogP contribution in [0.1, 0.15) is 30.3 Å². The van der Waals surface area contributed by atoms with Crippen LogP contribution in [-0.4, -0.2) is 34.9 Å². The number of H-pyrrole nitrogens is 1. The van der Waals surface area contributed by atoms with Crippen molar-refractivity contribution in [1.82, 2.24) is 9.88 Å². The Labute approximate surface area is 95.8 Å². The van der Waals surface area contributed by atoms with Crippen LogP contribution in [0.3, 0.4) is 0 Å². The smallest absolute Gasteiger partial charge is 0.270 e. The molecule has 0 aromatic carbocycles. The molecule has 0 saturated carbocycles. The number of likely N-dealkylation sites (tertiary alicyclic amines) is 1. The Hall–Kier alpha value is -1.29. The zero-order valence-electron chi connectivity index (χ0n) is 9.65. The van der Waals surface area contributed by atoms with Crippen molar-refractivity contribution in [3.05, 3.63) is 24.0 Å². The average Bonchev–Trinajstić information content (AvgIpc) is 2.81. The summed E-state index contributed by atoms with van der Waals surface area (Å²) >= 11 is 0. The predicted octanol–water partition coefficient (Wildman–Crippen LogP) is 1.21. The Bertz CT molecular complexity index is 347. The molecular weight excluding hydrogens is 202 g/mol. The van der Waals surface area contributed by atoms with Gasteiger partial charge in [-0.2, -0.15) is 0 Å². The minimum Gasteiger partial charge on any atom is -0.357 e. The maximum absolute atomic E-state index is 12.2. The molecule has 1 aromatic rings. The van der Waals surface area contributed by atoms with Crippen molar-refractivity contribution in [3.8, 4) is 0 Å². The number of amides is 1. The van der Waals surface area contributed by atoms with Gasteiger partial charge in [-0.05, 0) is 30.9 Å². The third-order valence-corrected chi connectivity index (χ3v) is 3.34. The van der Waals surface area contributed by atoms with E-state index >= 15 is 0 Å². The molecule has 1 aliphatic rings. The lowest BCUT2D eigenvalue weighted by Crippen LogP contribution is -2.49. The molecule has 1 aliphatic heterocycles. The van der Waals surface area contributed by atoms with Crippen LogP contribution < -0.4 is 5.73 Å². The molecule has 2 rings (SSSR count). The highest BCUT2D eigenvalue weighted by Crippen LogP contribution is 2.23. The molecule has 1 fully saturated rings. The second-order valence-corrected chi connectivity index (χ2v) is 4.60. The number of nitrogens with one attached hydrogen (secondary N) is 1. The number of carbonyl (C=O) groups excluding carboxylic acids is 1. The van der Waals surface area contributed by atoms with Gasteiger partial charge < -0.3 is 15.6 Å². The van der Waals surface area contributed by atoms with Crippen molar-refractivity contribution in [2.45, 2.75) is 25.8 Å². The molecule has 1 saturated heterocycles. The van der Waals surface area contributed by atoms with E-state index in [0.29, 0.717) is 18.2 Å². The Balaban J connectivity index is 2.10. The van der Waals surface area contributed by atoms with Gasteiger partial charge >= 0.3 is 0 Å². The molecule has 0 bridgehead atoms. The van der Waals surface area contributed by atoms with Gasteiger partial charge in [0.15, 0.2) is 0 Å². The Kier molecular flexibility index (Phi) is 3.29. The zero-order valence-corrected chi connectivity index (χ0v) is 9.65. The number of nitrogens with two attached hydrogens (primary N) is 1. The zero-order chi connectivity index (χ0) is 11.5. The second-order valence-electron chi connectivity index (χ2n) is 4.60. The number of hydrogen-bond donors (Lipinski definition) is 2. The van der Waals surface area contributed by atoms with E-state index in [-0.39, 0.29) is 11.9 Å². The minimum absolute atomic E-state index is 0.0763. The van der Waals surface area contributed by atoms with Crippen molar-refractivity contribution in [2.75, 3.05) is 13.1 Å². The molecule has 1 amide bonds. The molecule has 4 nitrogen and oxygen atoms in total. The first kappa shape index (κ1) is 11.2. The van der Waals surface area contributed by atoms with Gasteiger partial charge in [0, 0.05) is 25.3 Å². The molecule has 1 aromatic heterocycles. The number of piperidine rings is 1. The first-order valence-electron chi connectivity index (χ1n) is 5.86. The van der Waals surface area contributed by atoms with Gasteiger partial charge in [-0.25, -0.2) is 0 Å². The van der Waals surface area contributed by atoms with Crippen LogP contribution in [0.4, 0.5) is 0 Å². The van der Waals surface area contributed by atoms with Crippen molar-refractivity contribution < 1.29 is 4.79 Å². The van der Waals surface area contributed by atoms with Crippen molar-refractivity contribution >= 4 is 5.91 Å².